The average molecular weight is 239 g/mol. The summed E-state index contributed by atoms with van der Waals surface area (Å²) in [6.07, 6.45) is 0. The van der Waals surface area contributed by atoms with Crippen molar-refractivity contribution < 1.29 is 14.1 Å². The molecular weight excluding hydrogens is 222 g/mol. The van der Waals surface area contributed by atoms with Crippen molar-refractivity contribution in [2.45, 2.75) is 6.54 Å². The zero-order chi connectivity index (χ0) is 12.3. The lowest BCUT2D eigenvalue weighted by Crippen LogP contribution is -2.35. The normalized spacial score (nSPS) is 17.1. The van der Waals surface area contributed by atoms with Gasteiger partial charge in [-0.15, -0.1) is 0 Å². The molecule has 2 heterocycles. The molecule has 1 amide bonds. The summed E-state index contributed by atoms with van der Waals surface area (Å²) in [7, 11) is 3.39. The second-order valence-corrected chi connectivity index (χ2v) is 4.27. The highest BCUT2D eigenvalue weighted by Gasteiger charge is 2.17. The third-order valence-corrected chi connectivity index (χ3v) is 2.67. The molecule has 1 aliphatic rings. The Morgan fingerprint density at radius 1 is 1.47 bits per heavy atom. The number of aromatic nitrogens is 1. The van der Waals surface area contributed by atoms with Crippen LogP contribution < -0.4 is 0 Å². The van der Waals surface area contributed by atoms with Crippen LogP contribution in [-0.2, 0) is 11.3 Å². The van der Waals surface area contributed by atoms with Gasteiger partial charge in [-0.25, -0.2) is 0 Å². The maximum atomic E-state index is 11.6. The molecule has 0 spiro atoms. The van der Waals surface area contributed by atoms with E-state index in [0.717, 1.165) is 32.1 Å². The molecule has 6 heteroatoms. The number of carbonyl (C=O) groups excluding carboxylic acids is 1. The smallest absolute Gasteiger partial charge is 0.275 e. The molecule has 94 valence electrons. The highest BCUT2D eigenvalue weighted by molar-refractivity contribution is 5.91. The summed E-state index contributed by atoms with van der Waals surface area (Å²) in [5.74, 6) is 0.582. The molecule has 0 unspecified atom stereocenters. The standard InChI is InChI=1S/C11H17N3O3/c1-13(2)11(15)10-7-9(17-12-10)8-14-3-5-16-6-4-14/h7H,3-6,8H2,1-2H3. The number of rotatable bonds is 3. The second-order valence-electron chi connectivity index (χ2n) is 4.27. The van der Waals surface area contributed by atoms with Gasteiger partial charge in [-0.3, -0.25) is 9.69 Å². The lowest BCUT2D eigenvalue weighted by Gasteiger charge is -2.25. The number of nitrogens with zero attached hydrogens (tertiary/aromatic N) is 3. The van der Waals surface area contributed by atoms with Gasteiger partial charge in [0.25, 0.3) is 5.91 Å². The van der Waals surface area contributed by atoms with Gasteiger partial charge in [-0.2, -0.15) is 0 Å². The number of morpholine rings is 1. The van der Waals surface area contributed by atoms with Gasteiger partial charge < -0.3 is 14.2 Å². The van der Waals surface area contributed by atoms with E-state index in [9.17, 15) is 4.79 Å². The number of amides is 1. The molecule has 0 aliphatic carbocycles. The average Bonchev–Trinajstić information content (AvgIpc) is 2.77. The minimum Gasteiger partial charge on any atom is -0.379 e. The van der Waals surface area contributed by atoms with Gasteiger partial charge in [-0.1, -0.05) is 5.16 Å². The lowest BCUT2D eigenvalue weighted by molar-refractivity contribution is 0.0305. The maximum absolute atomic E-state index is 11.6. The number of hydrogen-bond acceptors (Lipinski definition) is 5. The molecule has 1 aliphatic heterocycles. The fourth-order valence-corrected chi connectivity index (χ4v) is 1.70. The summed E-state index contributed by atoms with van der Waals surface area (Å²) >= 11 is 0. The maximum Gasteiger partial charge on any atom is 0.275 e. The first kappa shape index (κ1) is 12.1. The summed E-state index contributed by atoms with van der Waals surface area (Å²) in [5.41, 5.74) is 0.359. The fraction of sp³-hybridized carbons (Fsp3) is 0.636. The van der Waals surface area contributed by atoms with Crippen LogP contribution >= 0.6 is 0 Å². The SMILES string of the molecule is CN(C)C(=O)c1cc(CN2CCOCC2)on1. The van der Waals surface area contributed by atoms with E-state index >= 15 is 0 Å². The Morgan fingerprint density at radius 3 is 2.82 bits per heavy atom. The first-order valence-electron chi connectivity index (χ1n) is 5.64. The summed E-state index contributed by atoms with van der Waals surface area (Å²) < 4.78 is 10.4. The number of ether oxygens (including phenoxy) is 1. The van der Waals surface area contributed by atoms with Gasteiger partial charge in [0, 0.05) is 33.3 Å². The van der Waals surface area contributed by atoms with Crippen molar-refractivity contribution in [1.82, 2.24) is 15.0 Å². The summed E-state index contributed by atoms with van der Waals surface area (Å²) in [6, 6.07) is 1.71. The predicted molar refractivity (Wildman–Crippen MR) is 60.6 cm³/mol. The molecule has 2 rings (SSSR count). The molecule has 0 radical (unpaired) electrons. The quantitative estimate of drug-likeness (QED) is 0.754. The van der Waals surface area contributed by atoms with Crippen LogP contribution in [0.4, 0.5) is 0 Å². The van der Waals surface area contributed by atoms with Crippen LogP contribution in [0.15, 0.2) is 10.6 Å². The molecule has 0 atom stereocenters. The third kappa shape index (κ3) is 3.04. The van der Waals surface area contributed by atoms with Gasteiger partial charge in [-0.05, 0) is 0 Å². The summed E-state index contributed by atoms with van der Waals surface area (Å²) in [5, 5.41) is 3.78. The van der Waals surface area contributed by atoms with E-state index in [1.807, 2.05) is 0 Å². The molecule has 0 saturated carbocycles. The summed E-state index contributed by atoms with van der Waals surface area (Å²) in [4.78, 5) is 15.3. The largest absolute Gasteiger partial charge is 0.379 e. The van der Waals surface area contributed by atoms with Crippen LogP contribution in [0.25, 0.3) is 0 Å². The van der Waals surface area contributed by atoms with Gasteiger partial charge in [0.1, 0.15) is 0 Å². The van der Waals surface area contributed by atoms with E-state index in [2.05, 4.69) is 10.1 Å². The third-order valence-electron chi connectivity index (χ3n) is 2.67. The number of hydrogen-bond donors (Lipinski definition) is 0. The van der Waals surface area contributed by atoms with Crippen molar-refractivity contribution >= 4 is 5.91 Å². The Balaban J connectivity index is 1.95. The Bertz CT molecular complexity index is 383. The van der Waals surface area contributed by atoms with E-state index < -0.39 is 0 Å². The first-order valence-corrected chi connectivity index (χ1v) is 5.64. The van der Waals surface area contributed by atoms with Crippen LogP contribution in [0.1, 0.15) is 16.2 Å². The van der Waals surface area contributed by atoms with Crippen molar-refractivity contribution in [2.24, 2.45) is 0 Å². The topological polar surface area (TPSA) is 58.8 Å². The highest BCUT2D eigenvalue weighted by Crippen LogP contribution is 2.10. The van der Waals surface area contributed by atoms with Crippen LogP contribution in [0.5, 0.6) is 0 Å². The van der Waals surface area contributed by atoms with Gasteiger partial charge in [0.2, 0.25) is 0 Å². The Morgan fingerprint density at radius 2 is 2.18 bits per heavy atom. The Hall–Kier alpha value is -1.40. The van der Waals surface area contributed by atoms with Crippen LogP contribution in [0.3, 0.4) is 0 Å². The first-order chi connectivity index (χ1) is 8.16. The zero-order valence-electron chi connectivity index (χ0n) is 10.2. The predicted octanol–water partition coefficient (Wildman–Crippen LogP) is 0.209. The van der Waals surface area contributed by atoms with Crippen LogP contribution in [-0.4, -0.2) is 61.3 Å². The van der Waals surface area contributed by atoms with Crippen molar-refractivity contribution in [3.8, 4) is 0 Å². The van der Waals surface area contributed by atoms with Crippen molar-refractivity contribution in [3.63, 3.8) is 0 Å². The van der Waals surface area contributed by atoms with Crippen molar-refractivity contribution in [2.75, 3.05) is 40.4 Å². The van der Waals surface area contributed by atoms with Crippen molar-refractivity contribution in [3.05, 3.63) is 17.5 Å². The molecule has 0 aromatic carbocycles. The second kappa shape index (κ2) is 5.29. The molecule has 1 saturated heterocycles. The van der Waals surface area contributed by atoms with Gasteiger partial charge in [0.05, 0.1) is 19.8 Å². The monoisotopic (exact) mass is 239 g/mol. The number of carbonyl (C=O) groups is 1. The molecule has 1 fully saturated rings. The molecule has 17 heavy (non-hydrogen) atoms. The van der Waals surface area contributed by atoms with Crippen molar-refractivity contribution in [1.29, 1.82) is 0 Å². The van der Waals surface area contributed by atoms with E-state index in [1.165, 1.54) is 4.90 Å². The van der Waals surface area contributed by atoms with Crippen LogP contribution in [0.2, 0.25) is 0 Å². The molecule has 6 nitrogen and oxygen atoms in total. The molecule has 0 bridgehead atoms. The molecular formula is C11H17N3O3. The van der Waals surface area contributed by atoms with E-state index in [4.69, 9.17) is 9.26 Å². The molecule has 0 N–H and O–H groups in total. The van der Waals surface area contributed by atoms with E-state index in [-0.39, 0.29) is 5.91 Å². The minimum atomic E-state index is -0.137. The van der Waals surface area contributed by atoms with E-state index in [1.54, 1.807) is 20.2 Å². The van der Waals surface area contributed by atoms with E-state index in [0.29, 0.717) is 12.2 Å². The molecule has 1 aromatic rings. The Kier molecular flexibility index (Phi) is 3.75. The molecule has 1 aromatic heterocycles. The minimum absolute atomic E-state index is 0.137. The lowest BCUT2D eigenvalue weighted by atomic mass is 10.3. The van der Waals surface area contributed by atoms with Gasteiger partial charge in [0.15, 0.2) is 11.5 Å². The highest BCUT2D eigenvalue weighted by atomic mass is 16.5. The zero-order valence-corrected chi connectivity index (χ0v) is 10.2. The van der Waals surface area contributed by atoms with Gasteiger partial charge >= 0.3 is 0 Å². The summed E-state index contributed by atoms with van der Waals surface area (Å²) in [6.45, 7) is 3.95. The Labute approximate surface area is 100 Å². The fourth-order valence-electron chi connectivity index (χ4n) is 1.70. The van der Waals surface area contributed by atoms with Crippen LogP contribution in [0, 0.1) is 0 Å².